The van der Waals surface area contributed by atoms with Gasteiger partial charge in [0.1, 0.15) is 11.5 Å². The van der Waals surface area contributed by atoms with Crippen molar-refractivity contribution in [2.45, 2.75) is 31.1 Å². The summed E-state index contributed by atoms with van der Waals surface area (Å²) in [5, 5.41) is 2.79. The number of amides is 2. The number of methoxy groups -OCH3 is 2. The lowest BCUT2D eigenvalue weighted by Gasteiger charge is -2.20. The number of carbonyl (C=O) groups is 2. The molecule has 9 nitrogen and oxygen atoms in total. The highest BCUT2D eigenvalue weighted by Gasteiger charge is 2.36. The summed E-state index contributed by atoms with van der Waals surface area (Å²) in [7, 11) is 1.02. The molecule has 0 radical (unpaired) electrons. The Morgan fingerprint density at radius 3 is 2.47 bits per heavy atom. The summed E-state index contributed by atoms with van der Waals surface area (Å²) in [5.41, 5.74) is 1.01. The summed E-state index contributed by atoms with van der Waals surface area (Å²) in [5.74, 6) is 0.0198. The number of ether oxygens (including phenoxy) is 2. The van der Waals surface area contributed by atoms with Crippen LogP contribution in [0.4, 0.5) is 11.4 Å². The minimum atomic E-state index is -3.58. The van der Waals surface area contributed by atoms with Crippen LogP contribution in [0.2, 0.25) is 0 Å². The van der Waals surface area contributed by atoms with Crippen molar-refractivity contribution in [3.8, 4) is 11.5 Å². The van der Waals surface area contributed by atoms with Gasteiger partial charge in [0.25, 0.3) is 0 Å². The van der Waals surface area contributed by atoms with Gasteiger partial charge in [-0.25, -0.2) is 12.7 Å². The topological polar surface area (TPSA) is 105 Å². The number of benzene rings is 2. The zero-order chi connectivity index (χ0) is 24.9. The number of nitrogens with one attached hydrogen (secondary N) is 1. The fourth-order valence-corrected chi connectivity index (χ4v) is 4.97. The molecule has 1 aliphatic rings. The Morgan fingerprint density at radius 2 is 1.85 bits per heavy atom. The van der Waals surface area contributed by atoms with E-state index in [2.05, 4.69) is 5.32 Å². The van der Waals surface area contributed by atoms with E-state index in [4.69, 9.17) is 9.47 Å². The minimum absolute atomic E-state index is 0.0564. The molecule has 3 rings (SSSR count). The second-order valence-electron chi connectivity index (χ2n) is 8.14. The Morgan fingerprint density at radius 1 is 1.15 bits per heavy atom. The molecule has 1 N–H and O–H groups in total. The van der Waals surface area contributed by atoms with Crippen molar-refractivity contribution < 1.29 is 27.5 Å². The highest BCUT2D eigenvalue weighted by Crippen LogP contribution is 2.36. The molecule has 2 amide bonds. The maximum atomic E-state index is 12.9. The number of sulfonamides is 1. The van der Waals surface area contributed by atoms with Crippen molar-refractivity contribution in [2.24, 2.45) is 5.92 Å². The number of hydrogen-bond acceptors (Lipinski definition) is 6. The van der Waals surface area contributed by atoms with Gasteiger partial charge < -0.3 is 19.7 Å². The molecular formula is C24H31N3O6S. The Kier molecular flexibility index (Phi) is 8.16. The van der Waals surface area contributed by atoms with Crippen LogP contribution in [0.15, 0.2) is 47.4 Å². The molecule has 10 heteroatoms. The van der Waals surface area contributed by atoms with E-state index in [1.807, 2.05) is 6.92 Å². The van der Waals surface area contributed by atoms with Gasteiger partial charge in [0, 0.05) is 38.3 Å². The number of anilines is 2. The van der Waals surface area contributed by atoms with Crippen molar-refractivity contribution in [2.75, 3.05) is 44.6 Å². The molecule has 1 saturated heterocycles. The molecule has 0 spiro atoms. The lowest BCUT2D eigenvalue weighted by Crippen LogP contribution is -2.28. The van der Waals surface area contributed by atoms with Gasteiger partial charge in [-0.1, -0.05) is 13.3 Å². The van der Waals surface area contributed by atoms with E-state index in [9.17, 15) is 18.0 Å². The average Bonchev–Trinajstić information content (AvgIpc) is 3.23. The van der Waals surface area contributed by atoms with Gasteiger partial charge in [0.2, 0.25) is 21.8 Å². The first-order valence-corrected chi connectivity index (χ1v) is 12.5. The third-order valence-corrected chi connectivity index (χ3v) is 7.70. The number of rotatable bonds is 10. The summed E-state index contributed by atoms with van der Waals surface area (Å²) in [6, 6.07) is 11.2. The fraction of sp³-hybridized carbons (Fsp3) is 0.417. The molecule has 0 aromatic heterocycles. The van der Waals surface area contributed by atoms with Crippen LogP contribution in [0.5, 0.6) is 11.5 Å². The van der Waals surface area contributed by atoms with E-state index in [1.54, 1.807) is 37.4 Å². The number of unbranched alkanes of at least 4 members (excludes halogenated alkanes) is 1. The van der Waals surface area contributed by atoms with Gasteiger partial charge in [-0.05, 0) is 42.8 Å². The van der Waals surface area contributed by atoms with Crippen LogP contribution in [0.3, 0.4) is 0 Å². The van der Waals surface area contributed by atoms with Crippen molar-refractivity contribution in [3.05, 3.63) is 42.5 Å². The highest BCUT2D eigenvalue weighted by molar-refractivity contribution is 7.89. The minimum Gasteiger partial charge on any atom is -0.497 e. The van der Waals surface area contributed by atoms with E-state index in [1.165, 1.54) is 35.6 Å². The van der Waals surface area contributed by atoms with Crippen molar-refractivity contribution in [1.82, 2.24) is 4.31 Å². The van der Waals surface area contributed by atoms with E-state index in [0.29, 0.717) is 29.4 Å². The van der Waals surface area contributed by atoms with Gasteiger partial charge in [0.05, 0.1) is 30.7 Å². The van der Waals surface area contributed by atoms with E-state index >= 15 is 0 Å². The summed E-state index contributed by atoms with van der Waals surface area (Å²) in [6.07, 6.45) is 1.74. The van der Waals surface area contributed by atoms with Gasteiger partial charge in [-0.2, -0.15) is 0 Å². The normalized spacial score (nSPS) is 16.1. The monoisotopic (exact) mass is 489 g/mol. The summed E-state index contributed by atoms with van der Waals surface area (Å²) >= 11 is 0. The van der Waals surface area contributed by atoms with E-state index in [0.717, 1.165) is 12.8 Å². The van der Waals surface area contributed by atoms with Crippen LogP contribution < -0.4 is 19.7 Å². The molecule has 0 saturated carbocycles. The standard InChI is InChI=1S/C24H31N3O6S/c1-5-6-13-26(2)34(30,31)20-10-7-18(8-11-20)25-24(29)17-14-23(28)27(16-17)21-15-19(32-3)9-12-22(21)33-4/h7-12,15,17H,5-6,13-14,16H2,1-4H3,(H,25,29). The van der Waals surface area contributed by atoms with E-state index < -0.39 is 15.9 Å². The van der Waals surface area contributed by atoms with Gasteiger partial charge in [-0.15, -0.1) is 0 Å². The maximum absolute atomic E-state index is 12.9. The molecule has 0 bridgehead atoms. The van der Waals surface area contributed by atoms with E-state index in [-0.39, 0.29) is 29.7 Å². The Labute approximate surface area is 200 Å². The largest absolute Gasteiger partial charge is 0.497 e. The SMILES string of the molecule is CCCCN(C)S(=O)(=O)c1ccc(NC(=O)C2CC(=O)N(c3cc(OC)ccc3OC)C2)cc1. The number of hydrogen-bond donors (Lipinski definition) is 1. The molecule has 34 heavy (non-hydrogen) atoms. The number of carbonyl (C=O) groups excluding carboxylic acids is 2. The van der Waals surface area contributed by atoms with Crippen molar-refractivity contribution in [3.63, 3.8) is 0 Å². The zero-order valence-electron chi connectivity index (χ0n) is 19.9. The first-order valence-electron chi connectivity index (χ1n) is 11.1. The zero-order valence-corrected chi connectivity index (χ0v) is 20.7. The molecule has 2 aromatic carbocycles. The molecule has 184 valence electrons. The van der Waals surface area contributed by atoms with Gasteiger partial charge >= 0.3 is 0 Å². The molecule has 2 aromatic rings. The predicted octanol–water partition coefficient (Wildman–Crippen LogP) is 3.12. The summed E-state index contributed by atoms with van der Waals surface area (Å²) in [6.45, 7) is 2.65. The molecule has 1 unspecified atom stereocenters. The van der Waals surface area contributed by atoms with Crippen molar-refractivity contribution in [1.29, 1.82) is 0 Å². The lowest BCUT2D eigenvalue weighted by molar-refractivity contribution is -0.122. The molecular weight excluding hydrogens is 458 g/mol. The van der Waals surface area contributed by atoms with Crippen LogP contribution in [-0.2, 0) is 19.6 Å². The lowest BCUT2D eigenvalue weighted by atomic mass is 10.1. The molecule has 1 fully saturated rings. The fourth-order valence-electron chi connectivity index (χ4n) is 3.76. The van der Waals surface area contributed by atoms with Crippen LogP contribution in [0.25, 0.3) is 0 Å². The van der Waals surface area contributed by atoms with Crippen LogP contribution in [0, 0.1) is 5.92 Å². The Bertz CT molecular complexity index is 1130. The van der Waals surface area contributed by atoms with Crippen molar-refractivity contribution >= 4 is 33.2 Å². The van der Waals surface area contributed by atoms with Gasteiger partial charge in [-0.3, -0.25) is 9.59 Å². The summed E-state index contributed by atoms with van der Waals surface area (Å²) in [4.78, 5) is 27.2. The molecule has 1 heterocycles. The second kappa shape index (κ2) is 10.9. The predicted molar refractivity (Wildman–Crippen MR) is 130 cm³/mol. The first-order chi connectivity index (χ1) is 16.2. The third kappa shape index (κ3) is 5.51. The smallest absolute Gasteiger partial charge is 0.242 e. The Hall–Kier alpha value is -3.11. The molecule has 1 atom stereocenters. The molecule has 1 aliphatic heterocycles. The average molecular weight is 490 g/mol. The first kappa shape index (κ1) is 25.5. The summed E-state index contributed by atoms with van der Waals surface area (Å²) < 4.78 is 37.3. The highest BCUT2D eigenvalue weighted by atomic mass is 32.2. The second-order valence-corrected chi connectivity index (χ2v) is 10.2. The molecule has 0 aliphatic carbocycles. The third-order valence-electron chi connectivity index (χ3n) is 5.83. The van der Waals surface area contributed by atoms with Crippen LogP contribution in [-0.4, -0.2) is 58.9 Å². The number of nitrogens with zero attached hydrogens (tertiary/aromatic N) is 2. The van der Waals surface area contributed by atoms with Crippen LogP contribution >= 0.6 is 0 Å². The maximum Gasteiger partial charge on any atom is 0.242 e. The van der Waals surface area contributed by atoms with Gasteiger partial charge in [0.15, 0.2) is 0 Å². The Balaban J connectivity index is 1.68. The quantitative estimate of drug-likeness (QED) is 0.550. The van der Waals surface area contributed by atoms with Crippen LogP contribution in [0.1, 0.15) is 26.2 Å².